The van der Waals surface area contributed by atoms with E-state index in [0.717, 1.165) is 0 Å². The second-order valence-corrected chi connectivity index (χ2v) is 7.30. The van der Waals surface area contributed by atoms with Crippen LogP contribution in [-0.4, -0.2) is 47.0 Å². The lowest BCUT2D eigenvalue weighted by molar-refractivity contribution is 0.129. The SMILES string of the molecule is Cc1noc(C)c1S(=O)(=O)N1CCC(Oc2ccncn2)CC1. The van der Waals surface area contributed by atoms with Gasteiger partial charge in [0.15, 0.2) is 5.76 Å². The normalized spacial score (nSPS) is 17.3. The molecule has 0 radical (unpaired) electrons. The lowest BCUT2D eigenvalue weighted by Crippen LogP contribution is -2.42. The second-order valence-electron chi connectivity index (χ2n) is 5.42. The first-order valence-corrected chi connectivity index (χ1v) is 8.78. The van der Waals surface area contributed by atoms with E-state index in [9.17, 15) is 8.42 Å². The molecule has 0 amide bonds. The predicted octanol–water partition coefficient (Wildman–Crippen LogP) is 1.31. The molecule has 0 aliphatic carbocycles. The van der Waals surface area contributed by atoms with Crippen LogP contribution in [0.2, 0.25) is 0 Å². The molecule has 1 fully saturated rings. The van der Waals surface area contributed by atoms with E-state index in [4.69, 9.17) is 9.26 Å². The third kappa shape index (κ3) is 3.20. The largest absolute Gasteiger partial charge is 0.474 e. The number of ether oxygens (including phenoxy) is 1. The Balaban J connectivity index is 1.67. The van der Waals surface area contributed by atoms with Crippen LogP contribution in [0.4, 0.5) is 0 Å². The predicted molar refractivity (Wildman–Crippen MR) is 80.4 cm³/mol. The van der Waals surface area contributed by atoms with E-state index >= 15 is 0 Å². The molecule has 23 heavy (non-hydrogen) atoms. The molecule has 0 spiro atoms. The van der Waals surface area contributed by atoms with Gasteiger partial charge in [-0.2, -0.15) is 4.31 Å². The molecule has 3 heterocycles. The maximum absolute atomic E-state index is 12.7. The Kier molecular flexibility index (Phi) is 4.31. The summed E-state index contributed by atoms with van der Waals surface area (Å²) in [6, 6.07) is 1.69. The average molecular weight is 338 g/mol. The molecule has 124 valence electrons. The number of sulfonamides is 1. The molecule has 0 saturated carbocycles. The van der Waals surface area contributed by atoms with Crippen LogP contribution in [0.5, 0.6) is 5.88 Å². The molecule has 3 rings (SSSR count). The van der Waals surface area contributed by atoms with Crippen molar-refractivity contribution in [2.75, 3.05) is 13.1 Å². The summed E-state index contributed by atoms with van der Waals surface area (Å²) in [6.07, 6.45) is 4.19. The van der Waals surface area contributed by atoms with E-state index in [1.807, 2.05) is 0 Å². The quantitative estimate of drug-likeness (QED) is 0.829. The van der Waals surface area contributed by atoms with Crippen molar-refractivity contribution in [3.8, 4) is 5.88 Å². The molecule has 0 aromatic carbocycles. The molecule has 1 aliphatic heterocycles. The highest BCUT2D eigenvalue weighted by Crippen LogP contribution is 2.26. The van der Waals surface area contributed by atoms with Gasteiger partial charge in [0.25, 0.3) is 0 Å². The summed E-state index contributed by atoms with van der Waals surface area (Å²) < 4.78 is 37.6. The molecular formula is C14H18N4O4S. The summed E-state index contributed by atoms with van der Waals surface area (Å²) in [5.74, 6) is 0.828. The second kappa shape index (κ2) is 6.25. The maximum Gasteiger partial charge on any atom is 0.248 e. The Morgan fingerprint density at radius 1 is 1.30 bits per heavy atom. The van der Waals surface area contributed by atoms with Gasteiger partial charge in [0, 0.05) is 25.4 Å². The molecule has 1 saturated heterocycles. The lowest BCUT2D eigenvalue weighted by atomic mass is 10.1. The third-order valence-corrected chi connectivity index (χ3v) is 5.95. The minimum Gasteiger partial charge on any atom is -0.474 e. The molecule has 0 N–H and O–H groups in total. The van der Waals surface area contributed by atoms with E-state index in [-0.39, 0.29) is 11.0 Å². The Labute approximate surface area is 134 Å². The van der Waals surface area contributed by atoms with Crippen LogP contribution in [-0.2, 0) is 10.0 Å². The smallest absolute Gasteiger partial charge is 0.248 e. The van der Waals surface area contributed by atoms with Gasteiger partial charge in [0.2, 0.25) is 15.9 Å². The summed E-state index contributed by atoms with van der Waals surface area (Å²) in [6.45, 7) is 4.02. The number of aryl methyl sites for hydroxylation is 2. The first-order chi connectivity index (χ1) is 11.0. The van der Waals surface area contributed by atoms with Crippen LogP contribution in [0.3, 0.4) is 0 Å². The number of nitrogens with zero attached hydrogens (tertiary/aromatic N) is 4. The Bertz CT molecular complexity index is 748. The van der Waals surface area contributed by atoms with Crippen molar-refractivity contribution in [3.05, 3.63) is 30.0 Å². The molecule has 2 aromatic heterocycles. The third-order valence-electron chi connectivity index (χ3n) is 3.81. The van der Waals surface area contributed by atoms with Gasteiger partial charge in [-0.25, -0.2) is 18.4 Å². The van der Waals surface area contributed by atoms with E-state index in [1.165, 1.54) is 10.6 Å². The zero-order valence-corrected chi connectivity index (χ0v) is 13.8. The summed E-state index contributed by atoms with van der Waals surface area (Å²) in [4.78, 5) is 8.03. The molecule has 9 heteroatoms. The summed E-state index contributed by atoms with van der Waals surface area (Å²) >= 11 is 0. The van der Waals surface area contributed by atoms with Crippen molar-refractivity contribution in [1.29, 1.82) is 0 Å². The van der Waals surface area contributed by atoms with Gasteiger partial charge in [-0.05, 0) is 26.7 Å². The number of hydrogen-bond donors (Lipinski definition) is 0. The molecule has 1 aliphatic rings. The topological polar surface area (TPSA) is 98.4 Å². The zero-order chi connectivity index (χ0) is 16.4. The summed E-state index contributed by atoms with van der Waals surface area (Å²) in [5.41, 5.74) is 0.391. The van der Waals surface area contributed by atoms with E-state index < -0.39 is 10.0 Å². The first-order valence-electron chi connectivity index (χ1n) is 7.34. The van der Waals surface area contributed by atoms with E-state index in [2.05, 4.69) is 15.1 Å². The molecule has 8 nitrogen and oxygen atoms in total. The molecule has 2 aromatic rings. The van der Waals surface area contributed by atoms with Crippen LogP contribution in [0.25, 0.3) is 0 Å². The fraction of sp³-hybridized carbons (Fsp3) is 0.500. The van der Waals surface area contributed by atoms with Gasteiger partial charge < -0.3 is 9.26 Å². The Hall–Kier alpha value is -2.00. The number of hydrogen-bond acceptors (Lipinski definition) is 7. The lowest BCUT2D eigenvalue weighted by Gasteiger charge is -2.30. The van der Waals surface area contributed by atoms with Gasteiger partial charge in [-0.3, -0.25) is 0 Å². The molecular weight excluding hydrogens is 320 g/mol. The van der Waals surface area contributed by atoms with E-state index in [1.54, 1.807) is 26.1 Å². The zero-order valence-electron chi connectivity index (χ0n) is 13.0. The Morgan fingerprint density at radius 3 is 2.61 bits per heavy atom. The van der Waals surface area contributed by atoms with Crippen molar-refractivity contribution in [2.24, 2.45) is 0 Å². The monoisotopic (exact) mass is 338 g/mol. The van der Waals surface area contributed by atoms with Crippen LogP contribution >= 0.6 is 0 Å². The van der Waals surface area contributed by atoms with Gasteiger partial charge in [-0.15, -0.1) is 0 Å². The number of piperidine rings is 1. The van der Waals surface area contributed by atoms with Crippen LogP contribution < -0.4 is 4.74 Å². The van der Waals surface area contributed by atoms with E-state index in [0.29, 0.717) is 43.3 Å². The highest BCUT2D eigenvalue weighted by atomic mass is 32.2. The van der Waals surface area contributed by atoms with Crippen LogP contribution in [0.1, 0.15) is 24.3 Å². The summed E-state index contributed by atoms with van der Waals surface area (Å²) in [7, 11) is -3.58. The van der Waals surface area contributed by atoms with Gasteiger partial charge in [-0.1, -0.05) is 5.16 Å². The van der Waals surface area contributed by atoms with Crippen molar-refractivity contribution in [3.63, 3.8) is 0 Å². The minimum atomic E-state index is -3.58. The van der Waals surface area contributed by atoms with Gasteiger partial charge in [0.1, 0.15) is 23.0 Å². The van der Waals surface area contributed by atoms with Crippen molar-refractivity contribution in [2.45, 2.75) is 37.7 Å². The van der Waals surface area contributed by atoms with Gasteiger partial charge >= 0.3 is 0 Å². The maximum atomic E-state index is 12.7. The number of aromatic nitrogens is 3. The molecule has 0 unspecified atom stereocenters. The van der Waals surface area contributed by atoms with Crippen molar-refractivity contribution in [1.82, 2.24) is 19.4 Å². The fourth-order valence-electron chi connectivity index (χ4n) is 2.68. The molecule has 0 atom stereocenters. The first kappa shape index (κ1) is 15.9. The highest BCUT2D eigenvalue weighted by Gasteiger charge is 2.34. The average Bonchev–Trinajstić information content (AvgIpc) is 2.88. The highest BCUT2D eigenvalue weighted by molar-refractivity contribution is 7.89. The minimum absolute atomic E-state index is 0.0546. The molecule has 0 bridgehead atoms. The van der Waals surface area contributed by atoms with Gasteiger partial charge in [0.05, 0.1) is 0 Å². The van der Waals surface area contributed by atoms with Crippen LogP contribution in [0, 0.1) is 13.8 Å². The Morgan fingerprint density at radius 2 is 2.04 bits per heavy atom. The van der Waals surface area contributed by atoms with Crippen LogP contribution in [0.15, 0.2) is 28.0 Å². The van der Waals surface area contributed by atoms with Crippen molar-refractivity contribution < 1.29 is 17.7 Å². The van der Waals surface area contributed by atoms with Crippen molar-refractivity contribution >= 4 is 10.0 Å². The number of rotatable bonds is 4. The summed E-state index contributed by atoms with van der Waals surface area (Å²) in [5, 5.41) is 3.73. The standard InChI is InChI=1S/C14H18N4O4S/c1-10-14(11(2)22-17-10)23(19,20)18-7-4-12(5-8-18)21-13-3-6-15-9-16-13/h3,6,9,12H,4-5,7-8H2,1-2H3. The fourth-order valence-corrected chi connectivity index (χ4v) is 4.44.